The van der Waals surface area contributed by atoms with Crippen LogP contribution in [0.3, 0.4) is 0 Å². The molecule has 4 aromatic rings. The van der Waals surface area contributed by atoms with Crippen molar-refractivity contribution in [2.45, 2.75) is 13.0 Å². The van der Waals surface area contributed by atoms with Crippen LogP contribution in [-0.2, 0) is 0 Å². The molecule has 0 aliphatic carbocycles. The summed E-state index contributed by atoms with van der Waals surface area (Å²) in [5, 5.41) is 16.2. The zero-order valence-electron chi connectivity index (χ0n) is 12.5. The molecule has 1 atom stereocenters. The van der Waals surface area contributed by atoms with E-state index in [4.69, 9.17) is 4.42 Å². The van der Waals surface area contributed by atoms with Gasteiger partial charge in [0.05, 0.1) is 11.7 Å². The Morgan fingerprint density at radius 1 is 1.04 bits per heavy atom. The topological polar surface area (TPSA) is 68.8 Å². The van der Waals surface area contributed by atoms with Crippen molar-refractivity contribution in [1.29, 1.82) is 0 Å². The van der Waals surface area contributed by atoms with Crippen LogP contribution in [0.2, 0.25) is 0 Å². The van der Waals surface area contributed by atoms with Gasteiger partial charge >= 0.3 is 0 Å². The molecule has 0 fully saturated rings. The summed E-state index contributed by atoms with van der Waals surface area (Å²) in [7, 11) is 0. The summed E-state index contributed by atoms with van der Waals surface area (Å²) in [6, 6.07) is 19.7. The highest BCUT2D eigenvalue weighted by Crippen LogP contribution is 2.26. The number of rotatable bonds is 4. The number of nitrogens with one attached hydrogen (secondary N) is 1. The standard InChI is InChI=1S/C17H15N5O/c1-12(16-11-13-7-5-6-10-15(13)23-16)18-17-19-20-21-22(17)14-8-3-2-4-9-14/h2-12H,1H3,(H,18,19,21)/t12-/m1/s1. The Morgan fingerprint density at radius 3 is 2.65 bits per heavy atom. The van der Waals surface area contributed by atoms with E-state index in [1.54, 1.807) is 4.68 Å². The van der Waals surface area contributed by atoms with Gasteiger partial charge in [0, 0.05) is 5.39 Å². The van der Waals surface area contributed by atoms with Crippen LogP contribution in [0.5, 0.6) is 0 Å². The summed E-state index contributed by atoms with van der Waals surface area (Å²) in [4.78, 5) is 0. The number of hydrogen-bond donors (Lipinski definition) is 1. The Labute approximate surface area is 132 Å². The minimum atomic E-state index is -0.0594. The van der Waals surface area contributed by atoms with E-state index in [-0.39, 0.29) is 6.04 Å². The van der Waals surface area contributed by atoms with E-state index in [1.807, 2.05) is 67.6 Å². The zero-order chi connectivity index (χ0) is 15.6. The predicted octanol–water partition coefficient (Wildman–Crippen LogP) is 3.58. The van der Waals surface area contributed by atoms with E-state index in [0.29, 0.717) is 5.95 Å². The molecule has 0 radical (unpaired) electrons. The average Bonchev–Trinajstić information content (AvgIpc) is 3.22. The van der Waals surface area contributed by atoms with Crippen molar-refractivity contribution >= 4 is 16.9 Å². The molecule has 0 spiro atoms. The van der Waals surface area contributed by atoms with Gasteiger partial charge in [0.25, 0.3) is 0 Å². The summed E-state index contributed by atoms with van der Waals surface area (Å²) in [6.45, 7) is 2.02. The SMILES string of the molecule is C[C@@H](Nc1nnnn1-c1ccccc1)c1cc2ccccc2o1. The Bertz CT molecular complexity index is 895. The van der Waals surface area contributed by atoms with Crippen molar-refractivity contribution < 1.29 is 4.42 Å². The molecule has 1 N–H and O–H groups in total. The minimum absolute atomic E-state index is 0.0594. The lowest BCUT2D eigenvalue weighted by atomic mass is 10.2. The monoisotopic (exact) mass is 305 g/mol. The van der Waals surface area contributed by atoms with E-state index < -0.39 is 0 Å². The lowest BCUT2D eigenvalue weighted by Gasteiger charge is -2.12. The third kappa shape index (κ3) is 2.55. The lowest BCUT2D eigenvalue weighted by molar-refractivity contribution is 0.524. The molecule has 4 rings (SSSR count). The minimum Gasteiger partial charge on any atom is -0.459 e. The van der Waals surface area contributed by atoms with Crippen LogP contribution >= 0.6 is 0 Å². The first-order valence-corrected chi connectivity index (χ1v) is 7.40. The van der Waals surface area contributed by atoms with Gasteiger partial charge in [-0.15, -0.1) is 0 Å². The van der Waals surface area contributed by atoms with Gasteiger partial charge in [0.2, 0.25) is 5.95 Å². The summed E-state index contributed by atoms with van der Waals surface area (Å²) in [5.41, 5.74) is 1.77. The second-order valence-corrected chi connectivity index (χ2v) is 5.30. The van der Waals surface area contributed by atoms with E-state index in [1.165, 1.54) is 0 Å². The van der Waals surface area contributed by atoms with Gasteiger partial charge < -0.3 is 9.73 Å². The quantitative estimate of drug-likeness (QED) is 0.624. The Kier molecular flexibility index (Phi) is 3.27. The first kappa shape index (κ1) is 13.5. The van der Waals surface area contributed by atoms with Crippen molar-refractivity contribution in [3.05, 3.63) is 66.4 Å². The molecule has 2 heterocycles. The third-order valence-corrected chi connectivity index (χ3v) is 3.69. The number of benzene rings is 2. The first-order chi connectivity index (χ1) is 11.3. The van der Waals surface area contributed by atoms with Gasteiger partial charge in [-0.3, -0.25) is 0 Å². The second kappa shape index (κ2) is 5.57. The highest BCUT2D eigenvalue weighted by Gasteiger charge is 2.15. The predicted molar refractivity (Wildman–Crippen MR) is 87.4 cm³/mol. The zero-order valence-corrected chi connectivity index (χ0v) is 12.5. The number of furan rings is 1. The van der Waals surface area contributed by atoms with Gasteiger partial charge in [0.1, 0.15) is 11.3 Å². The third-order valence-electron chi connectivity index (χ3n) is 3.69. The molecular weight excluding hydrogens is 290 g/mol. The largest absolute Gasteiger partial charge is 0.459 e. The van der Waals surface area contributed by atoms with Crippen molar-refractivity contribution in [1.82, 2.24) is 20.2 Å². The Balaban J connectivity index is 1.62. The molecular formula is C17H15N5O. The molecule has 0 saturated heterocycles. The molecule has 6 heteroatoms. The van der Waals surface area contributed by atoms with Crippen LogP contribution in [0, 0.1) is 0 Å². The van der Waals surface area contributed by atoms with Crippen LogP contribution in [0.1, 0.15) is 18.7 Å². The first-order valence-electron chi connectivity index (χ1n) is 7.40. The fraction of sp³-hybridized carbons (Fsp3) is 0.118. The summed E-state index contributed by atoms with van der Waals surface area (Å²) < 4.78 is 7.55. The van der Waals surface area contributed by atoms with Crippen LogP contribution in [0.25, 0.3) is 16.7 Å². The fourth-order valence-electron chi connectivity index (χ4n) is 2.50. The van der Waals surface area contributed by atoms with Crippen LogP contribution in [-0.4, -0.2) is 20.2 Å². The number of aromatic nitrogens is 4. The maximum atomic E-state index is 5.88. The van der Waals surface area contributed by atoms with Crippen LogP contribution in [0.15, 0.2) is 65.1 Å². The Hall–Kier alpha value is -3.15. The highest BCUT2D eigenvalue weighted by molar-refractivity contribution is 5.77. The fourth-order valence-corrected chi connectivity index (χ4v) is 2.50. The number of anilines is 1. The van der Waals surface area contributed by atoms with Crippen LogP contribution < -0.4 is 5.32 Å². The number of nitrogens with zero attached hydrogens (tertiary/aromatic N) is 4. The lowest BCUT2D eigenvalue weighted by Crippen LogP contribution is -2.11. The summed E-state index contributed by atoms with van der Waals surface area (Å²) in [6.07, 6.45) is 0. The van der Waals surface area contributed by atoms with E-state index in [0.717, 1.165) is 22.4 Å². The maximum Gasteiger partial charge on any atom is 0.248 e. The summed E-state index contributed by atoms with van der Waals surface area (Å²) >= 11 is 0. The average molecular weight is 305 g/mol. The molecule has 0 amide bonds. The molecule has 23 heavy (non-hydrogen) atoms. The van der Waals surface area contributed by atoms with E-state index in [2.05, 4.69) is 20.8 Å². The molecule has 6 nitrogen and oxygen atoms in total. The highest BCUT2D eigenvalue weighted by atomic mass is 16.3. The van der Waals surface area contributed by atoms with Crippen molar-refractivity contribution in [2.75, 3.05) is 5.32 Å². The molecule has 2 aromatic heterocycles. The van der Waals surface area contributed by atoms with Crippen molar-refractivity contribution in [3.63, 3.8) is 0 Å². The number of hydrogen-bond acceptors (Lipinski definition) is 5. The van der Waals surface area contributed by atoms with Gasteiger partial charge in [-0.1, -0.05) is 41.5 Å². The number of tetrazole rings is 1. The molecule has 0 bridgehead atoms. The number of fused-ring (bicyclic) bond motifs is 1. The van der Waals surface area contributed by atoms with Gasteiger partial charge in [-0.05, 0) is 41.6 Å². The van der Waals surface area contributed by atoms with Crippen LogP contribution in [0.4, 0.5) is 5.95 Å². The Morgan fingerprint density at radius 2 is 1.83 bits per heavy atom. The van der Waals surface area contributed by atoms with E-state index >= 15 is 0 Å². The maximum absolute atomic E-state index is 5.88. The van der Waals surface area contributed by atoms with Gasteiger partial charge in [0.15, 0.2) is 0 Å². The molecule has 0 aliphatic rings. The van der Waals surface area contributed by atoms with Gasteiger partial charge in [-0.25, -0.2) is 0 Å². The van der Waals surface area contributed by atoms with Gasteiger partial charge in [-0.2, -0.15) is 4.68 Å². The molecule has 0 unspecified atom stereocenters. The smallest absolute Gasteiger partial charge is 0.248 e. The normalized spacial score (nSPS) is 12.4. The number of para-hydroxylation sites is 2. The summed E-state index contributed by atoms with van der Waals surface area (Å²) in [5.74, 6) is 1.41. The van der Waals surface area contributed by atoms with Crippen molar-refractivity contribution in [2.24, 2.45) is 0 Å². The molecule has 2 aromatic carbocycles. The molecule has 0 saturated carbocycles. The van der Waals surface area contributed by atoms with Crippen molar-refractivity contribution in [3.8, 4) is 5.69 Å². The molecule has 0 aliphatic heterocycles. The molecule has 114 valence electrons. The van der Waals surface area contributed by atoms with E-state index in [9.17, 15) is 0 Å². The second-order valence-electron chi connectivity index (χ2n) is 5.30.